The molecule has 196 valence electrons. The number of aliphatic hydroxyl groups excluding tert-OH is 1. The highest BCUT2D eigenvalue weighted by Gasteiger charge is 2.55. The molecule has 2 amide bonds. The third-order valence-corrected chi connectivity index (χ3v) is 8.79. The molecule has 0 unspecified atom stereocenters. The first-order chi connectivity index (χ1) is 17.3. The van der Waals surface area contributed by atoms with E-state index in [-0.39, 0.29) is 30.7 Å². The lowest BCUT2D eigenvalue weighted by Gasteiger charge is -2.40. The smallest absolute Gasteiger partial charge is 0.252 e. The van der Waals surface area contributed by atoms with Crippen molar-refractivity contribution in [2.75, 3.05) is 26.2 Å². The number of fused-ring (bicyclic) bond motifs is 1. The van der Waals surface area contributed by atoms with E-state index in [9.17, 15) is 19.5 Å². The molecule has 0 spiro atoms. The zero-order valence-corrected chi connectivity index (χ0v) is 21.4. The third kappa shape index (κ3) is 4.71. The predicted octanol–water partition coefficient (Wildman–Crippen LogP) is 2.25. The molecule has 3 aliphatic heterocycles. The molecule has 4 fully saturated rings. The van der Waals surface area contributed by atoms with Gasteiger partial charge in [-0.2, -0.15) is 0 Å². The summed E-state index contributed by atoms with van der Waals surface area (Å²) in [7, 11) is 0. The Hall–Kier alpha value is -2.29. The SMILES string of the molecule is CC(C)N1CCC(c2ccc(C(=O)NC3(C(=O)N4C[C@H](O)[C@H]5OCC(=O)[C@H]54)CCCCC3)cc2)CC1. The summed E-state index contributed by atoms with van der Waals surface area (Å²) < 4.78 is 5.45. The number of β-amino-alcohol motifs (C(OH)–C–C–N with tert-alkyl or cyclic N) is 1. The second-order valence-corrected chi connectivity index (χ2v) is 11.3. The molecule has 3 heterocycles. The van der Waals surface area contributed by atoms with Gasteiger partial charge < -0.3 is 25.0 Å². The Morgan fingerprint density at radius 1 is 1.08 bits per heavy atom. The fourth-order valence-electron chi connectivity index (χ4n) is 6.61. The molecule has 1 saturated carbocycles. The number of carbonyl (C=O) groups is 3. The predicted molar refractivity (Wildman–Crippen MR) is 135 cm³/mol. The molecule has 1 aliphatic carbocycles. The van der Waals surface area contributed by atoms with Gasteiger partial charge in [0.05, 0.1) is 6.54 Å². The molecule has 1 aromatic rings. The minimum atomic E-state index is -1.06. The zero-order chi connectivity index (χ0) is 25.4. The van der Waals surface area contributed by atoms with Gasteiger partial charge in [0, 0.05) is 11.6 Å². The number of ketones is 1. The van der Waals surface area contributed by atoms with Gasteiger partial charge in [0.25, 0.3) is 5.91 Å². The van der Waals surface area contributed by atoms with Crippen LogP contribution < -0.4 is 5.32 Å². The number of benzene rings is 1. The normalized spacial score (nSPS) is 28.9. The van der Waals surface area contributed by atoms with E-state index in [1.165, 1.54) is 10.5 Å². The highest BCUT2D eigenvalue weighted by atomic mass is 16.5. The molecule has 3 saturated heterocycles. The molecule has 2 N–H and O–H groups in total. The number of piperidine rings is 1. The highest BCUT2D eigenvalue weighted by Crippen LogP contribution is 2.36. The molecule has 3 atom stereocenters. The Kier molecular flexibility index (Phi) is 7.21. The summed E-state index contributed by atoms with van der Waals surface area (Å²) in [5, 5.41) is 13.5. The van der Waals surface area contributed by atoms with E-state index in [0.717, 1.165) is 45.2 Å². The number of rotatable bonds is 5. The lowest BCUT2D eigenvalue weighted by molar-refractivity contribution is -0.143. The molecule has 0 aromatic heterocycles. The molecular formula is C28H39N3O5. The third-order valence-electron chi connectivity index (χ3n) is 8.79. The van der Waals surface area contributed by atoms with Crippen LogP contribution in [0, 0.1) is 0 Å². The second-order valence-electron chi connectivity index (χ2n) is 11.3. The van der Waals surface area contributed by atoms with Crippen LogP contribution in [0.4, 0.5) is 0 Å². The van der Waals surface area contributed by atoms with Crippen molar-refractivity contribution in [3.05, 3.63) is 35.4 Å². The number of hydrogen-bond donors (Lipinski definition) is 2. The van der Waals surface area contributed by atoms with Gasteiger partial charge in [0.2, 0.25) is 5.91 Å². The molecule has 36 heavy (non-hydrogen) atoms. The van der Waals surface area contributed by atoms with E-state index < -0.39 is 23.8 Å². The second kappa shape index (κ2) is 10.2. The molecule has 1 aromatic carbocycles. The van der Waals surface area contributed by atoms with Crippen LogP contribution >= 0.6 is 0 Å². The van der Waals surface area contributed by atoms with Crippen LogP contribution in [0.5, 0.6) is 0 Å². The lowest BCUT2D eigenvalue weighted by Crippen LogP contribution is -2.62. The van der Waals surface area contributed by atoms with Crippen LogP contribution in [-0.4, -0.2) is 88.6 Å². The van der Waals surface area contributed by atoms with E-state index >= 15 is 0 Å². The molecule has 4 aliphatic rings. The first-order valence-electron chi connectivity index (χ1n) is 13.6. The quantitative estimate of drug-likeness (QED) is 0.648. The lowest BCUT2D eigenvalue weighted by atomic mass is 9.80. The first-order valence-corrected chi connectivity index (χ1v) is 13.6. The van der Waals surface area contributed by atoms with Gasteiger partial charge in [-0.1, -0.05) is 31.4 Å². The molecule has 0 bridgehead atoms. The van der Waals surface area contributed by atoms with Crippen molar-refractivity contribution in [3.8, 4) is 0 Å². The Labute approximate surface area is 213 Å². The number of Topliss-reactive ketones (excluding diaryl/α,β-unsaturated/α-hetero) is 1. The summed E-state index contributed by atoms with van der Waals surface area (Å²) in [6.07, 6.45) is 4.41. The average Bonchev–Trinajstić information content (AvgIpc) is 3.44. The van der Waals surface area contributed by atoms with E-state index in [4.69, 9.17) is 4.74 Å². The van der Waals surface area contributed by atoms with Crippen LogP contribution in [0.15, 0.2) is 24.3 Å². The maximum atomic E-state index is 13.8. The van der Waals surface area contributed by atoms with Crippen molar-refractivity contribution in [1.82, 2.24) is 15.1 Å². The number of aliphatic hydroxyl groups is 1. The fourth-order valence-corrected chi connectivity index (χ4v) is 6.61. The number of carbonyl (C=O) groups excluding carboxylic acids is 3. The summed E-state index contributed by atoms with van der Waals surface area (Å²) in [5.41, 5.74) is 0.737. The largest absolute Gasteiger partial charge is 0.388 e. The summed E-state index contributed by atoms with van der Waals surface area (Å²) in [5.74, 6) is -0.215. The first kappa shape index (κ1) is 25.4. The number of ether oxygens (including phenoxy) is 1. The maximum Gasteiger partial charge on any atom is 0.252 e. The summed E-state index contributed by atoms with van der Waals surface area (Å²) in [6, 6.07) is 7.64. The Bertz CT molecular complexity index is 979. The molecule has 8 nitrogen and oxygen atoms in total. The van der Waals surface area contributed by atoms with Crippen LogP contribution in [0.1, 0.15) is 80.6 Å². The van der Waals surface area contributed by atoms with Gasteiger partial charge in [0.1, 0.15) is 30.4 Å². The fraction of sp³-hybridized carbons (Fsp3) is 0.679. The Morgan fingerprint density at radius 2 is 1.75 bits per heavy atom. The van der Waals surface area contributed by atoms with Crippen LogP contribution in [-0.2, 0) is 14.3 Å². The molecule has 5 rings (SSSR count). The number of nitrogens with one attached hydrogen (secondary N) is 1. The summed E-state index contributed by atoms with van der Waals surface area (Å²) >= 11 is 0. The van der Waals surface area contributed by atoms with Gasteiger partial charge in [-0.25, -0.2) is 0 Å². The van der Waals surface area contributed by atoms with Gasteiger partial charge in [-0.15, -0.1) is 0 Å². The van der Waals surface area contributed by atoms with E-state index in [0.29, 0.717) is 30.4 Å². The van der Waals surface area contributed by atoms with E-state index in [1.54, 1.807) is 0 Å². The van der Waals surface area contributed by atoms with Gasteiger partial charge in [0.15, 0.2) is 5.78 Å². The van der Waals surface area contributed by atoms with Gasteiger partial charge in [-0.05, 0) is 76.2 Å². The summed E-state index contributed by atoms with van der Waals surface area (Å²) in [6.45, 7) is 6.63. The van der Waals surface area contributed by atoms with Gasteiger partial charge in [-0.3, -0.25) is 14.4 Å². The minimum absolute atomic E-state index is 0.0574. The number of likely N-dealkylation sites (tertiary alicyclic amines) is 2. The van der Waals surface area contributed by atoms with Gasteiger partial charge >= 0.3 is 0 Å². The highest BCUT2D eigenvalue weighted by molar-refractivity contribution is 6.01. The van der Waals surface area contributed by atoms with Crippen LogP contribution in [0.3, 0.4) is 0 Å². The number of hydrogen-bond acceptors (Lipinski definition) is 6. The minimum Gasteiger partial charge on any atom is -0.388 e. The Balaban J connectivity index is 1.29. The molecule has 0 radical (unpaired) electrons. The standard InChI is InChI=1S/C28H39N3O5/c1-18(2)30-14-10-20(11-15-30)19-6-8-21(9-7-19)26(34)29-28(12-4-3-5-13-28)27(35)31-16-22(32)25-24(31)23(33)17-36-25/h6-9,18,20,22,24-25,32H,3-5,10-17H2,1-2H3,(H,29,34)/t22-,24+,25+/m0/s1. The van der Waals surface area contributed by atoms with Crippen molar-refractivity contribution in [2.45, 2.75) is 94.5 Å². The Morgan fingerprint density at radius 3 is 2.39 bits per heavy atom. The van der Waals surface area contributed by atoms with Crippen LogP contribution in [0.25, 0.3) is 0 Å². The van der Waals surface area contributed by atoms with Crippen LogP contribution in [0.2, 0.25) is 0 Å². The van der Waals surface area contributed by atoms with E-state index in [2.05, 4.69) is 36.2 Å². The number of amides is 2. The zero-order valence-electron chi connectivity index (χ0n) is 21.4. The van der Waals surface area contributed by atoms with Crippen molar-refractivity contribution in [3.63, 3.8) is 0 Å². The number of nitrogens with zero attached hydrogens (tertiary/aromatic N) is 2. The molecule has 8 heteroatoms. The topological polar surface area (TPSA) is 99.2 Å². The van der Waals surface area contributed by atoms with E-state index in [1.807, 2.05) is 12.1 Å². The summed E-state index contributed by atoms with van der Waals surface area (Å²) in [4.78, 5) is 43.6. The van der Waals surface area contributed by atoms with Crippen molar-refractivity contribution in [1.29, 1.82) is 0 Å². The monoisotopic (exact) mass is 497 g/mol. The van der Waals surface area contributed by atoms with Crippen molar-refractivity contribution in [2.24, 2.45) is 0 Å². The molecular weight excluding hydrogens is 458 g/mol. The maximum absolute atomic E-state index is 13.8. The van der Waals surface area contributed by atoms with Crippen molar-refractivity contribution >= 4 is 17.6 Å². The van der Waals surface area contributed by atoms with Crippen molar-refractivity contribution < 1.29 is 24.2 Å². The average molecular weight is 498 g/mol.